The van der Waals surface area contributed by atoms with Crippen LogP contribution in [0.25, 0.3) is 0 Å². The molecule has 0 bridgehead atoms. The molecule has 0 fully saturated rings. The molecule has 0 saturated heterocycles. The van der Waals surface area contributed by atoms with Gasteiger partial charge in [-0.1, -0.05) is 24.2 Å². The fourth-order valence-corrected chi connectivity index (χ4v) is 2.81. The van der Waals surface area contributed by atoms with Gasteiger partial charge in [0.2, 0.25) is 15.9 Å². The zero-order valence-electron chi connectivity index (χ0n) is 14.2. The van der Waals surface area contributed by atoms with Gasteiger partial charge in [-0.05, 0) is 44.0 Å². The van der Waals surface area contributed by atoms with Gasteiger partial charge in [0.05, 0.1) is 10.9 Å². The molecule has 25 heavy (non-hydrogen) atoms. The molecule has 8 nitrogen and oxygen atoms in total. The summed E-state index contributed by atoms with van der Waals surface area (Å²) < 4.78 is 27.4. The van der Waals surface area contributed by atoms with E-state index in [0.29, 0.717) is 31.0 Å². The zero-order valence-corrected chi connectivity index (χ0v) is 15.0. The van der Waals surface area contributed by atoms with E-state index in [-0.39, 0.29) is 16.8 Å². The average Bonchev–Trinajstić information content (AvgIpc) is 2.96. The standard InChI is InChI=1S/C16H22N4O4S/c1-3-14(16(21)19-15-10-11(2)24-20-15)18-9-8-12-4-6-13(7-5-12)25(17,22)23/h4-7,10,14,18H,3,8-9H2,1-2H3,(H2,17,22,23)(H,19,20,21). The summed E-state index contributed by atoms with van der Waals surface area (Å²) in [5.74, 6) is 0.834. The number of rotatable bonds is 8. The first kappa shape index (κ1) is 19.1. The number of hydrogen-bond donors (Lipinski definition) is 3. The van der Waals surface area contributed by atoms with Gasteiger partial charge >= 0.3 is 0 Å². The summed E-state index contributed by atoms with van der Waals surface area (Å²) >= 11 is 0. The molecule has 1 atom stereocenters. The number of hydrogen-bond acceptors (Lipinski definition) is 6. The second kappa shape index (κ2) is 8.24. The number of sulfonamides is 1. The largest absolute Gasteiger partial charge is 0.360 e. The topological polar surface area (TPSA) is 127 Å². The fraction of sp³-hybridized carbons (Fsp3) is 0.375. The van der Waals surface area contributed by atoms with Crippen LogP contribution in [0.5, 0.6) is 0 Å². The summed E-state index contributed by atoms with van der Waals surface area (Å²) in [6.07, 6.45) is 1.27. The molecule has 0 saturated carbocycles. The third kappa shape index (κ3) is 5.66. The number of nitrogens with two attached hydrogens (primary N) is 1. The Morgan fingerprint density at radius 3 is 2.52 bits per heavy atom. The van der Waals surface area contributed by atoms with Crippen LogP contribution in [0.1, 0.15) is 24.7 Å². The van der Waals surface area contributed by atoms with Gasteiger partial charge in [-0.2, -0.15) is 0 Å². The molecule has 0 aliphatic carbocycles. The number of nitrogens with zero attached hydrogens (tertiary/aromatic N) is 1. The SMILES string of the molecule is CCC(NCCc1ccc(S(N)(=O)=O)cc1)C(=O)Nc1cc(C)on1. The summed E-state index contributed by atoms with van der Waals surface area (Å²) in [6, 6.07) is 7.66. The second-order valence-corrected chi connectivity index (χ2v) is 7.23. The van der Waals surface area contributed by atoms with Gasteiger partial charge < -0.3 is 15.2 Å². The summed E-state index contributed by atoms with van der Waals surface area (Å²) in [4.78, 5) is 12.3. The van der Waals surface area contributed by atoms with Crippen molar-refractivity contribution in [3.8, 4) is 0 Å². The molecule has 0 aliphatic rings. The van der Waals surface area contributed by atoms with Crippen molar-refractivity contribution in [2.75, 3.05) is 11.9 Å². The fourth-order valence-electron chi connectivity index (χ4n) is 2.30. The van der Waals surface area contributed by atoms with E-state index in [1.54, 1.807) is 25.1 Å². The molecular formula is C16H22N4O4S. The smallest absolute Gasteiger partial charge is 0.242 e. The Balaban J connectivity index is 1.85. The Morgan fingerprint density at radius 1 is 1.32 bits per heavy atom. The first-order valence-corrected chi connectivity index (χ1v) is 9.43. The number of benzene rings is 1. The molecule has 1 amide bonds. The highest BCUT2D eigenvalue weighted by Gasteiger charge is 2.17. The van der Waals surface area contributed by atoms with Crippen LogP contribution < -0.4 is 15.8 Å². The van der Waals surface area contributed by atoms with Gasteiger partial charge in [-0.25, -0.2) is 13.6 Å². The average molecular weight is 366 g/mol. The van der Waals surface area contributed by atoms with Crippen molar-refractivity contribution < 1.29 is 17.7 Å². The molecule has 0 aliphatic heterocycles. The van der Waals surface area contributed by atoms with E-state index in [2.05, 4.69) is 15.8 Å². The van der Waals surface area contributed by atoms with Crippen LogP contribution in [0.2, 0.25) is 0 Å². The van der Waals surface area contributed by atoms with Crippen molar-refractivity contribution in [3.63, 3.8) is 0 Å². The van der Waals surface area contributed by atoms with E-state index in [4.69, 9.17) is 9.66 Å². The highest BCUT2D eigenvalue weighted by molar-refractivity contribution is 7.89. The molecule has 1 aromatic carbocycles. The molecule has 1 heterocycles. The molecule has 0 spiro atoms. The second-order valence-electron chi connectivity index (χ2n) is 5.67. The summed E-state index contributed by atoms with van der Waals surface area (Å²) in [5.41, 5.74) is 0.947. The van der Waals surface area contributed by atoms with Crippen molar-refractivity contribution >= 4 is 21.7 Å². The lowest BCUT2D eigenvalue weighted by Crippen LogP contribution is -2.41. The van der Waals surface area contributed by atoms with Crippen LogP contribution in [-0.4, -0.2) is 32.1 Å². The van der Waals surface area contributed by atoms with E-state index in [0.717, 1.165) is 5.56 Å². The van der Waals surface area contributed by atoms with Gasteiger partial charge in [0.25, 0.3) is 0 Å². The van der Waals surface area contributed by atoms with Crippen LogP contribution in [0.4, 0.5) is 5.82 Å². The minimum Gasteiger partial charge on any atom is -0.360 e. The maximum atomic E-state index is 12.2. The van der Waals surface area contributed by atoms with Crippen LogP contribution in [0.15, 0.2) is 39.8 Å². The minimum absolute atomic E-state index is 0.0814. The number of carbonyl (C=O) groups is 1. The van der Waals surface area contributed by atoms with Gasteiger partial charge in [-0.15, -0.1) is 0 Å². The number of nitrogens with one attached hydrogen (secondary N) is 2. The number of aryl methyl sites for hydroxylation is 1. The molecule has 4 N–H and O–H groups in total. The molecule has 1 unspecified atom stereocenters. The Kier molecular flexibility index (Phi) is 6.29. The van der Waals surface area contributed by atoms with E-state index in [1.165, 1.54) is 12.1 Å². The summed E-state index contributed by atoms with van der Waals surface area (Å²) in [5, 5.41) is 14.7. The number of carbonyl (C=O) groups excluding carboxylic acids is 1. The monoisotopic (exact) mass is 366 g/mol. The molecule has 9 heteroatoms. The highest BCUT2D eigenvalue weighted by Crippen LogP contribution is 2.10. The summed E-state index contributed by atoms with van der Waals surface area (Å²) in [6.45, 7) is 4.23. The molecule has 1 aromatic heterocycles. The summed E-state index contributed by atoms with van der Waals surface area (Å²) in [7, 11) is -3.68. The quantitative estimate of drug-likeness (QED) is 0.644. The Hall–Kier alpha value is -2.23. The predicted octanol–water partition coefficient (Wildman–Crippen LogP) is 1.18. The first-order chi connectivity index (χ1) is 11.8. The van der Waals surface area contributed by atoms with Crippen molar-refractivity contribution in [1.82, 2.24) is 10.5 Å². The Labute approximate surface area is 146 Å². The lowest BCUT2D eigenvalue weighted by molar-refractivity contribution is -0.118. The Morgan fingerprint density at radius 2 is 2.00 bits per heavy atom. The third-order valence-corrected chi connectivity index (χ3v) is 4.59. The van der Waals surface area contributed by atoms with Gasteiger partial charge in [0.15, 0.2) is 5.82 Å². The molecule has 0 radical (unpaired) electrons. The van der Waals surface area contributed by atoms with Crippen molar-refractivity contribution in [2.24, 2.45) is 5.14 Å². The van der Waals surface area contributed by atoms with Crippen LogP contribution in [0.3, 0.4) is 0 Å². The van der Waals surface area contributed by atoms with Crippen LogP contribution in [0, 0.1) is 6.92 Å². The van der Waals surface area contributed by atoms with E-state index >= 15 is 0 Å². The molecule has 136 valence electrons. The van der Waals surface area contributed by atoms with E-state index in [1.807, 2.05) is 6.92 Å². The van der Waals surface area contributed by atoms with Gasteiger partial charge in [-0.3, -0.25) is 4.79 Å². The maximum absolute atomic E-state index is 12.2. The molecule has 2 aromatic rings. The van der Waals surface area contributed by atoms with Crippen molar-refractivity contribution in [1.29, 1.82) is 0 Å². The first-order valence-electron chi connectivity index (χ1n) is 7.89. The lowest BCUT2D eigenvalue weighted by Gasteiger charge is -2.15. The molecular weight excluding hydrogens is 344 g/mol. The molecule has 2 rings (SSSR count). The normalized spacial score (nSPS) is 12.8. The third-order valence-electron chi connectivity index (χ3n) is 3.66. The number of aromatic nitrogens is 1. The van der Waals surface area contributed by atoms with Crippen LogP contribution >= 0.6 is 0 Å². The number of primary sulfonamides is 1. The lowest BCUT2D eigenvalue weighted by atomic mass is 10.1. The predicted molar refractivity (Wildman–Crippen MR) is 93.5 cm³/mol. The van der Waals surface area contributed by atoms with Crippen molar-refractivity contribution in [2.45, 2.75) is 37.6 Å². The Bertz CT molecular complexity index is 815. The zero-order chi connectivity index (χ0) is 18.4. The van der Waals surface area contributed by atoms with E-state index in [9.17, 15) is 13.2 Å². The maximum Gasteiger partial charge on any atom is 0.242 e. The van der Waals surface area contributed by atoms with Gasteiger partial charge in [0.1, 0.15) is 5.76 Å². The highest BCUT2D eigenvalue weighted by atomic mass is 32.2. The number of amides is 1. The van der Waals surface area contributed by atoms with Crippen LogP contribution in [-0.2, 0) is 21.2 Å². The number of anilines is 1. The van der Waals surface area contributed by atoms with Crippen molar-refractivity contribution in [3.05, 3.63) is 41.7 Å². The minimum atomic E-state index is -3.68. The van der Waals surface area contributed by atoms with E-state index < -0.39 is 10.0 Å². The van der Waals surface area contributed by atoms with Gasteiger partial charge in [0, 0.05) is 6.07 Å².